The highest BCUT2D eigenvalue weighted by Crippen LogP contribution is 2.37. The van der Waals surface area contributed by atoms with E-state index in [0.717, 1.165) is 5.92 Å². The lowest BCUT2D eigenvalue weighted by Crippen LogP contribution is -2.15. The van der Waals surface area contributed by atoms with Crippen LogP contribution in [0.5, 0.6) is 0 Å². The number of anilines is 1. The van der Waals surface area contributed by atoms with Crippen LogP contribution in [0.4, 0.5) is 5.82 Å². The molecule has 0 bridgehead atoms. The van der Waals surface area contributed by atoms with Gasteiger partial charge in [0.1, 0.15) is 5.82 Å². The lowest BCUT2D eigenvalue weighted by Gasteiger charge is -2.28. The maximum atomic E-state index is 5.58. The third-order valence-corrected chi connectivity index (χ3v) is 3.35. The molecule has 2 heteroatoms. The topological polar surface area (TPSA) is 38.9 Å². The normalized spacial score (nSPS) is 27.5. The number of rotatable bonds is 1. The summed E-state index contributed by atoms with van der Waals surface area (Å²) in [5.41, 5.74) is 6.95. The van der Waals surface area contributed by atoms with E-state index in [9.17, 15) is 0 Å². The molecule has 1 aromatic rings. The summed E-state index contributed by atoms with van der Waals surface area (Å²) >= 11 is 0. The van der Waals surface area contributed by atoms with E-state index in [1.165, 1.54) is 31.2 Å². The molecule has 0 aliphatic heterocycles. The summed E-state index contributed by atoms with van der Waals surface area (Å²) in [7, 11) is 0. The van der Waals surface area contributed by atoms with Crippen molar-refractivity contribution in [2.75, 3.05) is 5.73 Å². The molecule has 1 aliphatic carbocycles. The van der Waals surface area contributed by atoms with Crippen LogP contribution in [0.2, 0.25) is 0 Å². The van der Waals surface area contributed by atoms with Crippen molar-refractivity contribution in [2.45, 2.75) is 38.5 Å². The van der Waals surface area contributed by atoms with E-state index in [0.29, 0.717) is 11.7 Å². The molecule has 2 N–H and O–H groups in total. The number of hydrogen-bond donors (Lipinski definition) is 1. The quantitative estimate of drug-likeness (QED) is 0.739. The van der Waals surface area contributed by atoms with Crippen LogP contribution in [-0.4, -0.2) is 4.98 Å². The van der Waals surface area contributed by atoms with E-state index in [4.69, 9.17) is 5.73 Å². The average molecular weight is 190 g/mol. The zero-order chi connectivity index (χ0) is 9.97. The fourth-order valence-electron chi connectivity index (χ4n) is 2.45. The van der Waals surface area contributed by atoms with Gasteiger partial charge in [-0.1, -0.05) is 32.3 Å². The maximum absolute atomic E-state index is 5.58. The zero-order valence-corrected chi connectivity index (χ0v) is 8.74. The predicted octanol–water partition coefficient (Wildman–Crippen LogP) is 2.96. The summed E-state index contributed by atoms with van der Waals surface area (Å²) in [4.78, 5) is 4.17. The largest absolute Gasteiger partial charge is 0.384 e. The third-order valence-electron chi connectivity index (χ3n) is 3.35. The first kappa shape index (κ1) is 9.50. The summed E-state index contributed by atoms with van der Waals surface area (Å²) in [6.45, 7) is 2.35. The molecule has 2 rings (SSSR count). The molecular formula is C12H18N2. The summed E-state index contributed by atoms with van der Waals surface area (Å²) in [5, 5.41) is 0. The van der Waals surface area contributed by atoms with Crippen LogP contribution in [0.3, 0.4) is 0 Å². The minimum absolute atomic E-state index is 0.622. The van der Waals surface area contributed by atoms with Crippen LogP contribution < -0.4 is 5.73 Å². The number of nitrogens with two attached hydrogens (primary N) is 1. The first-order valence-electron chi connectivity index (χ1n) is 5.49. The number of aromatic nitrogens is 1. The van der Waals surface area contributed by atoms with Crippen LogP contribution in [0.1, 0.15) is 44.1 Å². The summed E-state index contributed by atoms with van der Waals surface area (Å²) in [6, 6.07) is 4.05. The number of nitrogen functional groups attached to an aromatic ring is 1. The van der Waals surface area contributed by atoms with Gasteiger partial charge in [-0.15, -0.1) is 0 Å². The Morgan fingerprint density at radius 1 is 1.29 bits per heavy atom. The van der Waals surface area contributed by atoms with Crippen molar-refractivity contribution in [1.29, 1.82) is 0 Å². The van der Waals surface area contributed by atoms with E-state index in [1.807, 2.05) is 12.3 Å². The molecule has 2 atom stereocenters. The molecule has 1 heterocycles. The van der Waals surface area contributed by atoms with Gasteiger partial charge in [-0.05, 0) is 29.9 Å². The summed E-state index contributed by atoms with van der Waals surface area (Å²) in [5.74, 6) is 2.13. The van der Waals surface area contributed by atoms with E-state index >= 15 is 0 Å². The van der Waals surface area contributed by atoms with Crippen LogP contribution >= 0.6 is 0 Å². The van der Waals surface area contributed by atoms with Crippen molar-refractivity contribution in [2.24, 2.45) is 5.92 Å². The van der Waals surface area contributed by atoms with Crippen LogP contribution in [0.25, 0.3) is 0 Å². The second-order valence-corrected chi connectivity index (χ2v) is 4.38. The Bertz CT molecular complexity index is 292. The molecule has 14 heavy (non-hydrogen) atoms. The van der Waals surface area contributed by atoms with Crippen molar-refractivity contribution >= 4 is 5.82 Å². The minimum atomic E-state index is 0.622. The molecule has 2 nitrogen and oxygen atoms in total. The Labute approximate surface area is 85.5 Å². The number of pyridine rings is 1. The van der Waals surface area contributed by atoms with Crippen molar-refractivity contribution in [3.63, 3.8) is 0 Å². The average Bonchev–Trinajstić information content (AvgIpc) is 2.20. The smallest absolute Gasteiger partial charge is 0.123 e. The van der Waals surface area contributed by atoms with Crippen molar-refractivity contribution in [1.82, 2.24) is 4.98 Å². The van der Waals surface area contributed by atoms with Gasteiger partial charge in [-0.3, -0.25) is 0 Å². The highest BCUT2D eigenvalue weighted by molar-refractivity contribution is 5.31. The molecule has 0 radical (unpaired) electrons. The van der Waals surface area contributed by atoms with Gasteiger partial charge in [-0.25, -0.2) is 4.98 Å². The monoisotopic (exact) mass is 190 g/mol. The first-order valence-corrected chi connectivity index (χ1v) is 5.49. The fourth-order valence-corrected chi connectivity index (χ4v) is 2.45. The SMILES string of the molecule is CC1CCCCC1c1ccc(N)nc1. The van der Waals surface area contributed by atoms with Gasteiger partial charge in [0.2, 0.25) is 0 Å². The van der Waals surface area contributed by atoms with Gasteiger partial charge < -0.3 is 5.73 Å². The number of nitrogens with zero attached hydrogens (tertiary/aromatic N) is 1. The van der Waals surface area contributed by atoms with E-state index in [-0.39, 0.29) is 0 Å². The maximum Gasteiger partial charge on any atom is 0.123 e. The predicted molar refractivity (Wildman–Crippen MR) is 59.0 cm³/mol. The third kappa shape index (κ3) is 1.89. The van der Waals surface area contributed by atoms with E-state index in [1.54, 1.807) is 0 Å². The van der Waals surface area contributed by atoms with Crippen molar-refractivity contribution < 1.29 is 0 Å². The Morgan fingerprint density at radius 2 is 2.07 bits per heavy atom. The fraction of sp³-hybridized carbons (Fsp3) is 0.583. The Morgan fingerprint density at radius 3 is 2.71 bits per heavy atom. The molecule has 76 valence electrons. The van der Waals surface area contributed by atoms with Gasteiger partial charge in [0, 0.05) is 6.20 Å². The lowest BCUT2D eigenvalue weighted by atomic mass is 9.77. The second-order valence-electron chi connectivity index (χ2n) is 4.38. The van der Waals surface area contributed by atoms with Crippen LogP contribution in [0, 0.1) is 5.92 Å². The van der Waals surface area contributed by atoms with E-state index < -0.39 is 0 Å². The molecular weight excluding hydrogens is 172 g/mol. The van der Waals surface area contributed by atoms with Gasteiger partial charge in [-0.2, -0.15) is 0 Å². The summed E-state index contributed by atoms with van der Waals surface area (Å²) < 4.78 is 0. The van der Waals surface area contributed by atoms with Crippen LogP contribution in [-0.2, 0) is 0 Å². The van der Waals surface area contributed by atoms with E-state index in [2.05, 4.69) is 18.0 Å². The van der Waals surface area contributed by atoms with Crippen LogP contribution in [0.15, 0.2) is 18.3 Å². The zero-order valence-electron chi connectivity index (χ0n) is 8.74. The van der Waals surface area contributed by atoms with Gasteiger partial charge in [0.15, 0.2) is 0 Å². The van der Waals surface area contributed by atoms with Crippen molar-refractivity contribution in [3.05, 3.63) is 23.9 Å². The molecule has 1 fully saturated rings. The molecule has 0 saturated heterocycles. The minimum Gasteiger partial charge on any atom is -0.384 e. The van der Waals surface area contributed by atoms with Gasteiger partial charge in [0.25, 0.3) is 0 Å². The lowest BCUT2D eigenvalue weighted by molar-refractivity contribution is 0.330. The highest BCUT2D eigenvalue weighted by atomic mass is 14.8. The molecule has 1 aromatic heterocycles. The Balaban J connectivity index is 2.16. The highest BCUT2D eigenvalue weighted by Gasteiger charge is 2.22. The molecule has 0 aromatic carbocycles. The van der Waals surface area contributed by atoms with Gasteiger partial charge >= 0.3 is 0 Å². The van der Waals surface area contributed by atoms with Gasteiger partial charge in [0.05, 0.1) is 0 Å². The standard InChI is InChI=1S/C12H18N2/c1-9-4-2-3-5-11(9)10-6-7-12(13)14-8-10/h6-9,11H,2-5H2,1H3,(H2,13,14). The first-order chi connectivity index (χ1) is 6.77. The molecule has 0 spiro atoms. The molecule has 0 amide bonds. The number of hydrogen-bond acceptors (Lipinski definition) is 2. The van der Waals surface area contributed by atoms with Crippen molar-refractivity contribution in [3.8, 4) is 0 Å². The molecule has 2 unspecified atom stereocenters. The summed E-state index contributed by atoms with van der Waals surface area (Å²) in [6.07, 6.45) is 7.36. The molecule has 1 saturated carbocycles. The molecule has 1 aliphatic rings. The second kappa shape index (κ2) is 3.99. The Kier molecular flexibility index (Phi) is 2.71. The Hall–Kier alpha value is -1.05.